The molecule has 1 aromatic rings. The zero-order chi connectivity index (χ0) is 13.1. The summed E-state index contributed by atoms with van der Waals surface area (Å²) in [5.74, 6) is 0. The second-order valence-electron chi connectivity index (χ2n) is 3.98. The maximum Gasteiger partial charge on any atom is 0.416 e. The van der Waals surface area contributed by atoms with Crippen LogP contribution < -0.4 is 0 Å². The number of rotatable bonds is 3. The number of nitrogens with zero attached hydrogens (tertiary/aromatic N) is 1. The average molecular weight is 241 g/mol. The molecule has 0 aliphatic carbocycles. The summed E-state index contributed by atoms with van der Waals surface area (Å²) < 4.78 is 37.8. The highest BCUT2D eigenvalue weighted by atomic mass is 19.4. The Morgan fingerprint density at radius 2 is 1.65 bits per heavy atom. The summed E-state index contributed by atoms with van der Waals surface area (Å²) in [4.78, 5) is 0. The van der Waals surface area contributed by atoms with Gasteiger partial charge in [-0.1, -0.05) is 32.0 Å². The zero-order valence-corrected chi connectivity index (χ0v) is 9.80. The molecule has 0 saturated heterocycles. The van der Waals surface area contributed by atoms with E-state index in [0.29, 0.717) is 18.4 Å². The second-order valence-corrected chi connectivity index (χ2v) is 3.98. The monoisotopic (exact) mass is 241 g/mol. The highest BCUT2D eigenvalue weighted by molar-refractivity contribution is 5.36. The molecule has 0 heterocycles. The van der Waals surface area contributed by atoms with E-state index in [-0.39, 0.29) is 0 Å². The van der Waals surface area contributed by atoms with E-state index in [1.54, 1.807) is 6.07 Å². The van der Waals surface area contributed by atoms with E-state index >= 15 is 0 Å². The lowest BCUT2D eigenvalue weighted by Crippen LogP contribution is -2.22. The Morgan fingerprint density at radius 3 is 2.06 bits per heavy atom. The molecule has 0 unspecified atom stereocenters. The first-order chi connectivity index (χ1) is 7.89. The maximum absolute atomic E-state index is 12.6. The maximum atomic E-state index is 12.6. The molecular weight excluding hydrogens is 227 g/mol. The van der Waals surface area contributed by atoms with Crippen LogP contribution in [0, 0.1) is 11.3 Å². The van der Waals surface area contributed by atoms with Gasteiger partial charge in [-0.25, -0.2) is 0 Å². The van der Waals surface area contributed by atoms with Crippen LogP contribution in [0.5, 0.6) is 0 Å². The van der Waals surface area contributed by atoms with Crippen molar-refractivity contribution in [3.63, 3.8) is 0 Å². The van der Waals surface area contributed by atoms with Crippen molar-refractivity contribution in [2.45, 2.75) is 38.3 Å². The van der Waals surface area contributed by atoms with Crippen LogP contribution in [-0.4, -0.2) is 0 Å². The fraction of sp³-hybridized carbons (Fsp3) is 0.462. The van der Waals surface area contributed by atoms with Gasteiger partial charge in [-0.15, -0.1) is 0 Å². The Kier molecular flexibility index (Phi) is 3.82. The van der Waals surface area contributed by atoms with Gasteiger partial charge in [0.2, 0.25) is 0 Å². The molecule has 0 spiro atoms. The van der Waals surface area contributed by atoms with Gasteiger partial charge in [0.1, 0.15) is 0 Å². The predicted octanol–water partition coefficient (Wildman–Crippen LogP) is 4.29. The van der Waals surface area contributed by atoms with Gasteiger partial charge in [0.25, 0.3) is 0 Å². The lowest BCUT2D eigenvalue weighted by Gasteiger charge is -2.24. The molecule has 0 bridgehead atoms. The lowest BCUT2D eigenvalue weighted by molar-refractivity contribution is -0.137. The molecule has 0 saturated carbocycles. The molecule has 4 heteroatoms. The molecule has 17 heavy (non-hydrogen) atoms. The molecule has 1 rings (SSSR count). The molecule has 1 aromatic carbocycles. The molecule has 0 aromatic heterocycles. The number of alkyl halides is 3. The van der Waals surface area contributed by atoms with E-state index in [2.05, 4.69) is 6.07 Å². The minimum atomic E-state index is -4.36. The molecule has 0 amide bonds. The van der Waals surface area contributed by atoms with Gasteiger partial charge in [0.15, 0.2) is 0 Å². The summed E-state index contributed by atoms with van der Waals surface area (Å²) in [6.07, 6.45) is -3.36. The highest BCUT2D eigenvalue weighted by Gasteiger charge is 2.34. The van der Waals surface area contributed by atoms with Crippen LogP contribution in [-0.2, 0) is 11.6 Å². The van der Waals surface area contributed by atoms with Crippen LogP contribution in [0.4, 0.5) is 13.2 Å². The third kappa shape index (κ3) is 2.60. The van der Waals surface area contributed by atoms with Gasteiger partial charge in [0.05, 0.1) is 17.0 Å². The fourth-order valence-electron chi connectivity index (χ4n) is 1.87. The van der Waals surface area contributed by atoms with Crippen LogP contribution in [0.15, 0.2) is 24.3 Å². The smallest absolute Gasteiger partial charge is 0.197 e. The van der Waals surface area contributed by atoms with Crippen molar-refractivity contribution in [2.75, 3.05) is 0 Å². The average Bonchev–Trinajstić information content (AvgIpc) is 2.31. The lowest BCUT2D eigenvalue weighted by atomic mass is 9.77. The number of hydrogen-bond donors (Lipinski definition) is 0. The Bertz CT molecular complexity index is 425. The zero-order valence-electron chi connectivity index (χ0n) is 9.80. The van der Waals surface area contributed by atoms with Gasteiger partial charge in [-0.05, 0) is 24.5 Å². The summed E-state index contributed by atoms with van der Waals surface area (Å²) in [6.45, 7) is 3.62. The molecule has 1 nitrogen and oxygen atoms in total. The Balaban J connectivity index is 3.29. The second kappa shape index (κ2) is 4.79. The van der Waals surface area contributed by atoms with Crippen LogP contribution in [0.3, 0.4) is 0 Å². The van der Waals surface area contributed by atoms with Crippen LogP contribution in [0.25, 0.3) is 0 Å². The quantitative estimate of drug-likeness (QED) is 0.774. The largest absolute Gasteiger partial charge is 0.416 e. The summed E-state index contributed by atoms with van der Waals surface area (Å²) in [5.41, 5.74) is -1.07. The first-order valence-electron chi connectivity index (χ1n) is 5.48. The topological polar surface area (TPSA) is 23.8 Å². The summed E-state index contributed by atoms with van der Waals surface area (Å²) in [5, 5.41) is 9.19. The van der Waals surface area contributed by atoms with Crippen molar-refractivity contribution in [3.05, 3.63) is 35.4 Å². The third-order valence-electron chi connectivity index (χ3n) is 3.16. The predicted molar refractivity (Wildman–Crippen MR) is 59.3 cm³/mol. The third-order valence-corrected chi connectivity index (χ3v) is 3.16. The van der Waals surface area contributed by atoms with Crippen LogP contribution in [0.1, 0.15) is 37.8 Å². The molecule has 0 aliphatic heterocycles. The molecule has 0 atom stereocenters. The number of halogens is 3. The van der Waals surface area contributed by atoms with Crippen molar-refractivity contribution in [1.82, 2.24) is 0 Å². The van der Waals surface area contributed by atoms with E-state index in [9.17, 15) is 18.4 Å². The van der Waals surface area contributed by atoms with E-state index < -0.39 is 17.2 Å². The van der Waals surface area contributed by atoms with Crippen LogP contribution >= 0.6 is 0 Å². The Morgan fingerprint density at radius 1 is 1.12 bits per heavy atom. The molecule has 0 aliphatic rings. The number of hydrogen-bond acceptors (Lipinski definition) is 1. The first kappa shape index (κ1) is 13.6. The molecule has 0 radical (unpaired) electrons. The molecule has 0 fully saturated rings. The Hall–Kier alpha value is -1.50. The SMILES string of the molecule is CCC(C#N)(CC)c1cccc(C(F)(F)F)c1. The summed E-state index contributed by atoms with van der Waals surface area (Å²) in [6, 6.07) is 7.19. The number of nitriles is 1. The van der Waals surface area contributed by atoms with Gasteiger partial charge >= 0.3 is 6.18 Å². The van der Waals surface area contributed by atoms with Gasteiger partial charge in [0, 0.05) is 0 Å². The molecule has 92 valence electrons. The first-order valence-corrected chi connectivity index (χ1v) is 5.48. The molecule has 0 N–H and O–H groups in total. The fourth-order valence-corrected chi connectivity index (χ4v) is 1.87. The van der Waals surface area contributed by atoms with Crippen molar-refractivity contribution in [1.29, 1.82) is 5.26 Å². The van der Waals surface area contributed by atoms with E-state index in [1.165, 1.54) is 6.07 Å². The standard InChI is InChI=1S/C13H14F3N/c1-3-12(4-2,9-17)10-6-5-7-11(8-10)13(14,15)16/h5-8H,3-4H2,1-2H3. The van der Waals surface area contributed by atoms with Gasteiger partial charge in [-0.2, -0.15) is 18.4 Å². The minimum absolute atomic E-state index is 0.444. The van der Waals surface area contributed by atoms with Gasteiger partial charge < -0.3 is 0 Å². The van der Waals surface area contributed by atoms with Crippen molar-refractivity contribution in [3.8, 4) is 6.07 Å². The van der Waals surface area contributed by atoms with E-state index in [1.807, 2.05) is 13.8 Å². The highest BCUT2D eigenvalue weighted by Crippen LogP contribution is 2.35. The minimum Gasteiger partial charge on any atom is -0.197 e. The molecular formula is C13H14F3N. The number of benzene rings is 1. The van der Waals surface area contributed by atoms with Crippen molar-refractivity contribution in [2.24, 2.45) is 0 Å². The Labute approximate surface area is 98.9 Å². The normalized spacial score (nSPS) is 12.2. The van der Waals surface area contributed by atoms with E-state index in [4.69, 9.17) is 0 Å². The van der Waals surface area contributed by atoms with Crippen molar-refractivity contribution >= 4 is 0 Å². The van der Waals surface area contributed by atoms with Gasteiger partial charge in [-0.3, -0.25) is 0 Å². The van der Waals surface area contributed by atoms with E-state index in [0.717, 1.165) is 12.1 Å². The summed E-state index contributed by atoms with van der Waals surface area (Å²) >= 11 is 0. The summed E-state index contributed by atoms with van der Waals surface area (Å²) in [7, 11) is 0. The van der Waals surface area contributed by atoms with Crippen molar-refractivity contribution < 1.29 is 13.2 Å². The van der Waals surface area contributed by atoms with Crippen LogP contribution in [0.2, 0.25) is 0 Å².